The van der Waals surface area contributed by atoms with Gasteiger partial charge >= 0.3 is 69.0 Å². The summed E-state index contributed by atoms with van der Waals surface area (Å²) in [6.07, 6.45) is 4.42. The van der Waals surface area contributed by atoms with Gasteiger partial charge in [-0.1, -0.05) is 0 Å². The van der Waals surface area contributed by atoms with Crippen molar-refractivity contribution in [1.82, 2.24) is 0 Å². The molecule has 0 saturated heterocycles. The quantitative estimate of drug-likeness (QED) is 0.718. The molecule has 0 aromatic heterocycles. The third kappa shape index (κ3) is 1.78. The topological polar surface area (TPSA) is 43.1 Å². The minimum atomic E-state index is -1.48. The van der Waals surface area contributed by atoms with Gasteiger partial charge in [0.15, 0.2) is 0 Å². The molecule has 0 aromatic rings. The molecule has 0 bridgehead atoms. The molecule has 0 radical (unpaired) electrons. The van der Waals surface area contributed by atoms with Crippen LogP contribution in [-0.4, -0.2) is 27.3 Å². The number of rotatable bonds is 2. The van der Waals surface area contributed by atoms with E-state index in [9.17, 15) is 4.79 Å². The third-order valence-corrected chi connectivity index (χ3v) is 12.2. The van der Waals surface area contributed by atoms with Gasteiger partial charge in [-0.25, -0.2) is 0 Å². The van der Waals surface area contributed by atoms with Gasteiger partial charge in [-0.2, -0.15) is 0 Å². The van der Waals surface area contributed by atoms with Crippen molar-refractivity contribution in [3.05, 3.63) is 12.2 Å². The second-order valence-corrected chi connectivity index (χ2v) is 12.8. The maximum absolute atomic E-state index is 10.7. The van der Waals surface area contributed by atoms with E-state index in [2.05, 4.69) is 12.2 Å². The van der Waals surface area contributed by atoms with Crippen molar-refractivity contribution in [3.8, 4) is 0 Å². The number of hydrogen-bond donors (Lipinski definition) is 1. The second-order valence-electron chi connectivity index (χ2n) is 2.89. The summed E-state index contributed by atoms with van der Waals surface area (Å²) < 4.78 is 2.70. The number of nitrogens with two attached hydrogens (primary N) is 1. The van der Waals surface area contributed by atoms with Crippen molar-refractivity contribution in [2.24, 2.45) is 5.73 Å². The van der Waals surface area contributed by atoms with Crippen LogP contribution in [0.5, 0.6) is 0 Å². The molecule has 0 fully saturated rings. The van der Waals surface area contributed by atoms with Gasteiger partial charge in [0.05, 0.1) is 0 Å². The number of primary amides is 1. The Morgan fingerprint density at radius 2 is 2.10 bits per heavy atom. The molecule has 2 N–H and O–H groups in total. The molecule has 1 heterocycles. The first kappa shape index (κ1) is 8.18. The molecular weight excluding hydrogens is 229 g/mol. The van der Waals surface area contributed by atoms with E-state index >= 15 is 0 Å². The fourth-order valence-electron chi connectivity index (χ4n) is 1.28. The van der Waals surface area contributed by atoms with E-state index in [1.807, 2.05) is 6.92 Å². The van der Waals surface area contributed by atoms with Crippen LogP contribution in [0.3, 0.4) is 0 Å². The Labute approximate surface area is 69.0 Å². The summed E-state index contributed by atoms with van der Waals surface area (Å²) in [7, 11) is 0. The molecule has 0 aromatic carbocycles. The summed E-state index contributed by atoms with van der Waals surface area (Å²) >= 11 is -1.48. The number of hydrogen-bond acceptors (Lipinski definition) is 1. The van der Waals surface area contributed by atoms with Crippen LogP contribution in [0, 0.1) is 0 Å². The number of carbonyl (C=O) groups excluding carboxylic acids is 1. The molecule has 0 saturated carbocycles. The van der Waals surface area contributed by atoms with Crippen molar-refractivity contribution < 1.29 is 4.79 Å². The standard InChI is InChI=1S/C4H6.C3H6NO.In/c1-3-4-2;1-2-3(4)5;/h3-4H,1-2H2;2H,1H3,(H2,4,5);. The summed E-state index contributed by atoms with van der Waals surface area (Å²) in [5, 5.41) is 0. The van der Waals surface area contributed by atoms with E-state index in [0.29, 0.717) is 0 Å². The summed E-state index contributed by atoms with van der Waals surface area (Å²) in [6.45, 7) is 2.00. The summed E-state index contributed by atoms with van der Waals surface area (Å²) in [6, 6.07) is 0. The van der Waals surface area contributed by atoms with Crippen molar-refractivity contribution in [2.75, 3.05) is 0 Å². The Balaban J connectivity index is 2.42. The predicted octanol–water partition coefficient (Wildman–Crippen LogP) is 0.926. The van der Waals surface area contributed by atoms with Crippen LogP contribution >= 0.6 is 0 Å². The first-order chi connectivity index (χ1) is 4.72. The first-order valence-corrected chi connectivity index (χ1v) is 10.2. The molecule has 1 atom stereocenters. The minimum absolute atomic E-state index is 0.0792. The zero-order valence-corrected chi connectivity index (χ0v) is 9.50. The van der Waals surface area contributed by atoms with Gasteiger partial charge in [0.2, 0.25) is 0 Å². The zero-order chi connectivity index (χ0) is 7.56. The summed E-state index contributed by atoms with van der Waals surface area (Å²) in [5.41, 5.74) is 5.20. The monoisotopic (exact) mass is 241 g/mol. The van der Waals surface area contributed by atoms with E-state index in [-0.39, 0.29) is 9.58 Å². The van der Waals surface area contributed by atoms with Gasteiger partial charge in [-0.3, -0.25) is 0 Å². The molecule has 1 rings (SSSR count). The van der Waals surface area contributed by atoms with Crippen molar-refractivity contribution in [1.29, 1.82) is 0 Å². The van der Waals surface area contributed by atoms with E-state index in [1.54, 1.807) is 0 Å². The average Bonchev–Trinajstić information content (AvgIpc) is 2.36. The van der Waals surface area contributed by atoms with Gasteiger partial charge in [0.1, 0.15) is 0 Å². The molecule has 1 aliphatic rings. The van der Waals surface area contributed by atoms with Crippen LogP contribution < -0.4 is 5.73 Å². The first-order valence-electron chi connectivity index (χ1n) is 3.66. The Morgan fingerprint density at radius 3 is 2.50 bits per heavy atom. The fraction of sp³-hybridized carbons (Fsp3) is 0.571. The van der Waals surface area contributed by atoms with Gasteiger partial charge in [0.25, 0.3) is 0 Å². The Bertz CT molecular complexity index is 159. The Hall–Kier alpha value is 0.0801. The van der Waals surface area contributed by atoms with Gasteiger partial charge in [0, 0.05) is 0 Å². The van der Waals surface area contributed by atoms with Crippen LogP contribution in [0.2, 0.25) is 12.0 Å². The third-order valence-electron chi connectivity index (χ3n) is 2.20. The normalized spacial score (nSPS) is 19.5. The Morgan fingerprint density at radius 1 is 1.60 bits per heavy atom. The molecule has 1 unspecified atom stereocenters. The van der Waals surface area contributed by atoms with Gasteiger partial charge in [-0.15, -0.1) is 0 Å². The van der Waals surface area contributed by atoms with Crippen LogP contribution in [0.1, 0.15) is 6.92 Å². The predicted molar refractivity (Wildman–Crippen MR) is 43.1 cm³/mol. The molecular formula is C7H12InNO. The molecule has 0 spiro atoms. The maximum atomic E-state index is 10.7. The van der Waals surface area contributed by atoms with E-state index < -0.39 is 21.4 Å². The van der Waals surface area contributed by atoms with Gasteiger partial charge in [-0.05, 0) is 0 Å². The van der Waals surface area contributed by atoms with Crippen LogP contribution in [-0.2, 0) is 4.79 Å². The van der Waals surface area contributed by atoms with Crippen molar-refractivity contribution in [2.45, 2.75) is 19.0 Å². The summed E-state index contributed by atoms with van der Waals surface area (Å²) in [5.74, 6) is -0.0792. The summed E-state index contributed by atoms with van der Waals surface area (Å²) in [4.78, 5) is 10.7. The van der Waals surface area contributed by atoms with Crippen LogP contribution in [0.15, 0.2) is 12.2 Å². The SMILES string of the molecule is C[CH](C(N)=O)[In]1[CH2]C=C[CH2]1. The van der Waals surface area contributed by atoms with Crippen LogP contribution in [0.25, 0.3) is 0 Å². The molecule has 1 aliphatic heterocycles. The van der Waals surface area contributed by atoms with Crippen molar-refractivity contribution >= 4 is 27.3 Å². The Kier molecular flexibility index (Phi) is 2.83. The molecule has 1 amide bonds. The molecule has 2 nitrogen and oxygen atoms in total. The average molecular weight is 241 g/mol. The molecule has 3 heteroatoms. The van der Waals surface area contributed by atoms with E-state index in [1.165, 1.54) is 8.35 Å². The number of allylic oxidation sites excluding steroid dienone is 2. The van der Waals surface area contributed by atoms with E-state index in [0.717, 1.165) is 0 Å². The molecule has 0 aliphatic carbocycles. The second kappa shape index (κ2) is 3.47. The number of amides is 1. The molecule has 10 heavy (non-hydrogen) atoms. The van der Waals surface area contributed by atoms with E-state index in [4.69, 9.17) is 5.73 Å². The van der Waals surface area contributed by atoms with Crippen LogP contribution in [0.4, 0.5) is 0 Å². The van der Waals surface area contributed by atoms with Crippen molar-refractivity contribution in [3.63, 3.8) is 0 Å². The molecule has 54 valence electrons. The fourth-order valence-corrected chi connectivity index (χ4v) is 8.58. The number of carbonyl (C=O) groups is 1. The zero-order valence-electron chi connectivity index (χ0n) is 6.21. The van der Waals surface area contributed by atoms with Gasteiger partial charge < -0.3 is 0 Å².